The zero-order valence-electron chi connectivity index (χ0n) is 17.8. The minimum atomic E-state index is -4.80. The summed E-state index contributed by atoms with van der Waals surface area (Å²) >= 11 is 0. The van der Waals surface area contributed by atoms with Gasteiger partial charge in [-0.05, 0) is 47.5 Å². The molecule has 0 aliphatic carbocycles. The smallest absolute Gasteiger partial charge is 0.493 e. The molecular formula is C23H17F6N3O3. The van der Waals surface area contributed by atoms with Crippen molar-refractivity contribution in [3.63, 3.8) is 0 Å². The molecule has 0 saturated heterocycles. The van der Waals surface area contributed by atoms with Crippen molar-refractivity contribution in [2.75, 3.05) is 6.61 Å². The average molecular weight is 497 g/mol. The summed E-state index contributed by atoms with van der Waals surface area (Å²) in [4.78, 5) is 12.7. The Balaban J connectivity index is 1.44. The van der Waals surface area contributed by atoms with Crippen LogP contribution in [-0.4, -0.2) is 27.2 Å². The second-order valence-electron chi connectivity index (χ2n) is 7.42. The monoisotopic (exact) mass is 497 g/mol. The highest BCUT2D eigenvalue weighted by Gasteiger charge is 2.34. The van der Waals surface area contributed by atoms with Crippen molar-refractivity contribution in [1.29, 1.82) is 0 Å². The molecule has 6 nitrogen and oxygen atoms in total. The number of hydrogen-bond acceptors (Lipinski definition) is 4. The van der Waals surface area contributed by atoms with Crippen molar-refractivity contribution in [1.82, 2.24) is 14.2 Å². The molecule has 0 spiro atoms. The number of para-hydroxylation sites is 1. The molecule has 12 heteroatoms. The van der Waals surface area contributed by atoms with Gasteiger partial charge in [-0.15, -0.1) is 18.3 Å². The number of hydrogen-bond donors (Lipinski definition) is 0. The van der Waals surface area contributed by atoms with Gasteiger partial charge in [0.15, 0.2) is 5.65 Å². The van der Waals surface area contributed by atoms with Gasteiger partial charge in [0.05, 0.1) is 12.2 Å². The molecule has 0 radical (unpaired) electrons. The van der Waals surface area contributed by atoms with Crippen LogP contribution >= 0.6 is 0 Å². The zero-order valence-corrected chi connectivity index (χ0v) is 17.8. The van der Waals surface area contributed by atoms with E-state index in [0.29, 0.717) is 16.8 Å². The van der Waals surface area contributed by atoms with Crippen LogP contribution in [0.5, 0.6) is 11.5 Å². The van der Waals surface area contributed by atoms with Gasteiger partial charge >= 0.3 is 18.2 Å². The second-order valence-corrected chi connectivity index (χ2v) is 7.42. The predicted octanol–water partition coefficient (Wildman–Crippen LogP) is 5.55. The van der Waals surface area contributed by atoms with E-state index in [1.54, 1.807) is 12.1 Å². The Labute approximate surface area is 193 Å². The molecular weight excluding hydrogens is 480 g/mol. The van der Waals surface area contributed by atoms with Gasteiger partial charge in [0.25, 0.3) is 0 Å². The van der Waals surface area contributed by atoms with Crippen molar-refractivity contribution >= 4 is 5.65 Å². The van der Waals surface area contributed by atoms with Crippen LogP contribution in [0.25, 0.3) is 16.8 Å². The topological polar surface area (TPSA) is 57.8 Å². The number of rotatable bonds is 7. The van der Waals surface area contributed by atoms with E-state index in [4.69, 9.17) is 4.74 Å². The predicted molar refractivity (Wildman–Crippen MR) is 113 cm³/mol. The summed E-state index contributed by atoms with van der Waals surface area (Å²) in [6, 6.07) is 13.3. The summed E-state index contributed by atoms with van der Waals surface area (Å²) in [5, 5.41) is 4.19. The van der Waals surface area contributed by atoms with Gasteiger partial charge in [-0.3, -0.25) is 0 Å². The molecule has 0 N–H and O–H groups in total. The number of nitrogens with zero attached hydrogens (tertiary/aromatic N) is 3. The van der Waals surface area contributed by atoms with Crippen molar-refractivity contribution in [2.45, 2.75) is 25.5 Å². The van der Waals surface area contributed by atoms with Gasteiger partial charge in [-0.2, -0.15) is 13.2 Å². The number of aromatic nitrogens is 3. The van der Waals surface area contributed by atoms with Gasteiger partial charge < -0.3 is 9.47 Å². The van der Waals surface area contributed by atoms with Crippen molar-refractivity contribution < 1.29 is 35.8 Å². The molecule has 0 aliphatic heterocycles. The van der Waals surface area contributed by atoms with E-state index in [9.17, 15) is 31.1 Å². The number of fused-ring (bicyclic) bond motifs is 1. The first kappa shape index (κ1) is 24.2. The van der Waals surface area contributed by atoms with E-state index >= 15 is 0 Å². The fourth-order valence-electron chi connectivity index (χ4n) is 3.41. The Morgan fingerprint density at radius 2 is 1.54 bits per heavy atom. The summed E-state index contributed by atoms with van der Waals surface area (Å²) in [6.45, 7) is 0.0402. The molecule has 0 amide bonds. The van der Waals surface area contributed by atoms with Crippen LogP contribution in [0.15, 0.2) is 71.7 Å². The van der Waals surface area contributed by atoms with Crippen LogP contribution in [0, 0.1) is 0 Å². The molecule has 0 aliphatic rings. The Kier molecular flexibility index (Phi) is 6.46. The minimum absolute atomic E-state index is 0.0645. The van der Waals surface area contributed by atoms with Crippen LogP contribution in [0.4, 0.5) is 26.3 Å². The first-order valence-electron chi connectivity index (χ1n) is 10.3. The van der Waals surface area contributed by atoms with E-state index < -0.39 is 23.8 Å². The van der Waals surface area contributed by atoms with Crippen LogP contribution in [0.2, 0.25) is 0 Å². The van der Waals surface area contributed by atoms with Crippen molar-refractivity contribution in [3.05, 3.63) is 82.9 Å². The molecule has 0 fully saturated rings. The Morgan fingerprint density at radius 1 is 0.857 bits per heavy atom. The maximum Gasteiger partial charge on any atom is 0.573 e. The maximum absolute atomic E-state index is 13.0. The molecule has 0 unspecified atom stereocenters. The van der Waals surface area contributed by atoms with Crippen LogP contribution in [-0.2, 0) is 12.7 Å². The zero-order chi connectivity index (χ0) is 25.2. The summed E-state index contributed by atoms with van der Waals surface area (Å²) < 4.78 is 87.7. The lowest BCUT2D eigenvalue weighted by molar-refractivity contribution is -0.274. The lowest BCUT2D eigenvalue weighted by Crippen LogP contribution is -2.22. The first-order chi connectivity index (χ1) is 16.5. The van der Waals surface area contributed by atoms with Gasteiger partial charge in [0, 0.05) is 19.2 Å². The quantitative estimate of drug-likeness (QED) is 0.248. The van der Waals surface area contributed by atoms with Crippen molar-refractivity contribution in [2.24, 2.45) is 0 Å². The molecule has 4 aromatic rings. The number of alkyl halides is 6. The molecule has 4 rings (SSSR count). The fourth-order valence-corrected chi connectivity index (χ4v) is 3.41. The molecule has 184 valence electrons. The van der Waals surface area contributed by atoms with Gasteiger partial charge in [-0.1, -0.05) is 24.3 Å². The maximum atomic E-state index is 13.0. The first-order valence-corrected chi connectivity index (χ1v) is 10.3. The number of ether oxygens (including phenoxy) is 2. The lowest BCUT2D eigenvalue weighted by atomic mass is 10.1. The third-order valence-electron chi connectivity index (χ3n) is 4.96. The van der Waals surface area contributed by atoms with E-state index in [1.807, 2.05) is 0 Å². The molecule has 2 aromatic carbocycles. The number of halogens is 6. The molecule has 2 heterocycles. The van der Waals surface area contributed by atoms with Gasteiger partial charge in [0.1, 0.15) is 11.5 Å². The van der Waals surface area contributed by atoms with E-state index in [0.717, 1.165) is 18.2 Å². The summed E-state index contributed by atoms with van der Waals surface area (Å²) in [5.74, 6) is -0.661. The Bertz CT molecular complexity index is 1370. The largest absolute Gasteiger partial charge is 0.573 e. The molecule has 0 saturated carbocycles. The molecule has 35 heavy (non-hydrogen) atoms. The SMILES string of the molecule is O=c1n(CCCOc2ccccc2C(F)(F)F)nc2ccc(-c3ccc(OC(F)(F)F)cc3)cn12. The van der Waals surface area contributed by atoms with Gasteiger partial charge in [-0.25, -0.2) is 13.9 Å². The third kappa shape index (κ3) is 5.76. The minimum Gasteiger partial charge on any atom is -0.493 e. The Hall–Kier alpha value is -3.96. The highest BCUT2D eigenvalue weighted by atomic mass is 19.4. The summed E-state index contributed by atoms with van der Waals surface area (Å²) in [5.41, 5.74) is 0.0895. The number of benzene rings is 2. The Morgan fingerprint density at radius 3 is 2.23 bits per heavy atom. The average Bonchev–Trinajstić information content (AvgIpc) is 3.11. The van der Waals surface area contributed by atoms with Crippen LogP contribution in [0.3, 0.4) is 0 Å². The van der Waals surface area contributed by atoms with E-state index in [1.165, 1.54) is 45.6 Å². The molecule has 0 atom stereocenters. The van der Waals surface area contributed by atoms with Crippen molar-refractivity contribution in [3.8, 4) is 22.6 Å². The fraction of sp³-hybridized carbons (Fsp3) is 0.217. The van der Waals surface area contributed by atoms with Crippen LogP contribution < -0.4 is 15.2 Å². The number of aryl methyl sites for hydroxylation is 1. The van der Waals surface area contributed by atoms with E-state index in [2.05, 4.69) is 9.84 Å². The number of pyridine rings is 1. The van der Waals surface area contributed by atoms with Gasteiger partial charge in [0.2, 0.25) is 0 Å². The highest BCUT2D eigenvalue weighted by molar-refractivity contribution is 5.65. The third-order valence-corrected chi connectivity index (χ3v) is 4.96. The summed E-state index contributed by atoms with van der Waals surface area (Å²) in [7, 11) is 0. The summed E-state index contributed by atoms with van der Waals surface area (Å²) in [6.07, 6.45) is -7.62. The normalized spacial score (nSPS) is 12.2. The lowest BCUT2D eigenvalue weighted by Gasteiger charge is -2.13. The van der Waals surface area contributed by atoms with Crippen LogP contribution in [0.1, 0.15) is 12.0 Å². The standard InChI is InChI=1S/C23H17F6N3O3/c24-22(25,26)18-4-1-2-5-19(18)34-13-3-12-32-21(33)31-14-16(8-11-20(31)30-32)15-6-9-17(10-7-15)35-23(27,28)29/h1-2,4-11,14H,3,12-13H2. The highest BCUT2D eigenvalue weighted by Crippen LogP contribution is 2.36. The molecule has 2 aromatic heterocycles. The second kappa shape index (κ2) is 9.35. The van der Waals surface area contributed by atoms with E-state index in [-0.39, 0.29) is 31.1 Å². The molecule has 0 bridgehead atoms.